The molecule has 2 aromatic rings. The number of carbonyl (C=O) groups is 2. The van der Waals surface area contributed by atoms with Crippen LogP contribution in [0.25, 0.3) is 5.76 Å². The smallest absolute Gasteiger partial charge is 0.295 e. The van der Waals surface area contributed by atoms with E-state index in [1.54, 1.807) is 55.6 Å². The number of unbranched alkanes of at least 4 members (excludes halogenated alkanes) is 2. The van der Waals surface area contributed by atoms with Gasteiger partial charge in [-0.05, 0) is 80.9 Å². The number of nitrogens with zero attached hydrogens (tertiary/aromatic N) is 2. The third-order valence-corrected chi connectivity index (χ3v) is 6.62. The van der Waals surface area contributed by atoms with Gasteiger partial charge in [0.05, 0.1) is 18.7 Å². The van der Waals surface area contributed by atoms with Crippen molar-refractivity contribution >= 4 is 17.4 Å². The van der Waals surface area contributed by atoms with Gasteiger partial charge in [0.2, 0.25) is 0 Å². The number of phenols is 1. The zero-order valence-corrected chi connectivity index (χ0v) is 21.6. The van der Waals surface area contributed by atoms with Gasteiger partial charge in [-0.2, -0.15) is 0 Å². The lowest BCUT2D eigenvalue weighted by Crippen LogP contribution is -2.34. The first-order valence-electron chi connectivity index (χ1n) is 12.8. The molecule has 2 aromatic carbocycles. The number of methoxy groups -OCH3 is 1. The van der Waals surface area contributed by atoms with Crippen molar-refractivity contribution in [1.82, 2.24) is 9.80 Å². The van der Waals surface area contributed by atoms with Crippen LogP contribution < -0.4 is 4.74 Å². The lowest BCUT2D eigenvalue weighted by Gasteiger charge is -2.27. The quantitative estimate of drug-likeness (QED) is 0.228. The number of Topliss-reactive ketones (excluding diaryl/α,β-unsaturated/α-hetero) is 1. The predicted molar refractivity (Wildman–Crippen MR) is 141 cm³/mol. The van der Waals surface area contributed by atoms with Crippen molar-refractivity contribution in [3.63, 3.8) is 0 Å². The summed E-state index contributed by atoms with van der Waals surface area (Å²) in [5, 5.41) is 21.3. The minimum atomic E-state index is -0.779. The molecule has 1 aliphatic heterocycles. The van der Waals surface area contributed by atoms with Crippen LogP contribution in [-0.2, 0) is 9.59 Å². The number of benzene rings is 2. The minimum absolute atomic E-state index is 0.0320. The van der Waals surface area contributed by atoms with E-state index in [-0.39, 0.29) is 17.1 Å². The maximum Gasteiger partial charge on any atom is 0.295 e. The largest absolute Gasteiger partial charge is 0.508 e. The first-order valence-corrected chi connectivity index (χ1v) is 12.8. The molecule has 1 atom stereocenters. The molecule has 0 aromatic heterocycles. The third kappa shape index (κ3) is 6.46. The van der Waals surface area contributed by atoms with Gasteiger partial charge in [-0.1, -0.05) is 38.8 Å². The Labute approximate surface area is 214 Å². The second-order valence-electron chi connectivity index (χ2n) is 9.22. The van der Waals surface area contributed by atoms with E-state index in [4.69, 9.17) is 4.74 Å². The number of rotatable bonds is 13. The fourth-order valence-electron chi connectivity index (χ4n) is 4.62. The minimum Gasteiger partial charge on any atom is -0.508 e. The van der Waals surface area contributed by atoms with Gasteiger partial charge in [0.25, 0.3) is 11.7 Å². The number of aliphatic hydroxyl groups excluding tert-OH is 1. The highest BCUT2D eigenvalue weighted by atomic mass is 16.5. The van der Waals surface area contributed by atoms with E-state index < -0.39 is 17.7 Å². The van der Waals surface area contributed by atoms with E-state index in [0.29, 0.717) is 29.8 Å². The van der Waals surface area contributed by atoms with Crippen LogP contribution in [0, 0.1) is 0 Å². The molecule has 1 heterocycles. The highest BCUT2D eigenvalue weighted by molar-refractivity contribution is 6.46. The molecule has 0 radical (unpaired) electrons. The molecule has 1 aliphatic rings. The van der Waals surface area contributed by atoms with Crippen molar-refractivity contribution in [2.24, 2.45) is 0 Å². The standard InChI is InChI=1S/C29H38N2O5/c1-4-6-16-30(17-7-5-2)18-9-19-31-26(22-10-8-11-23(32)20-22)25(28(34)29(31)35)27(33)21-12-14-24(36-3)15-13-21/h8,10-15,20,26,32-33H,4-7,9,16-19H2,1-3H3/b27-25-. The highest BCUT2D eigenvalue weighted by Gasteiger charge is 2.45. The molecule has 1 fully saturated rings. The van der Waals surface area contributed by atoms with Gasteiger partial charge in [-0.25, -0.2) is 0 Å². The first kappa shape index (κ1) is 27.3. The molecular weight excluding hydrogens is 456 g/mol. The SMILES string of the molecule is CCCCN(CCCC)CCCN1C(=O)C(=O)/C(=C(\O)c2ccc(OC)cc2)C1c1cccc(O)c1. The van der Waals surface area contributed by atoms with Gasteiger partial charge < -0.3 is 24.7 Å². The van der Waals surface area contributed by atoms with Crippen molar-refractivity contribution in [3.05, 3.63) is 65.2 Å². The average molecular weight is 495 g/mol. The molecule has 0 spiro atoms. The molecule has 3 rings (SSSR count). The van der Waals surface area contributed by atoms with Crippen LogP contribution in [0.5, 0.6) is 11.5 Å². The Morgan fingerprint density at radius 2 is 1.61 bits per heavy atom. The Morgan fingerprint density at radius 3 is 2.19 bits per heavy atom. The number of carbonyl (C=O) groups excluding carboxylic acids is 2. The number of hydrogen-bond donors (Lipinski definition) is 2. The highest BCUT2D eigenvalue weighted by Crippen LogP contribution is 2.40. The molecular formula is C29H38N2O5. The normalized spacial score (nSPS) is 17.2. The summed E-state index contributed by atoms with van der Waals surface area (Å²) >= 11 is 0. The van der Waals surface area contributed by atoms with Crippen LogP contribution in [0.15, 0.2) is 54.1 Å². The summed E-state index contributed by atoms with van der Waals surface area (Å²) in [4.78, 5) is 30.3. The maximum absolute atomic E-state index is 13.2. The fourth-order valence-corrected chi connectivity index (χ4v) is 4.62. The van der Waals surface area contributed by atoms with Crippen molar-refractivity contribution in [2.45, 2.75) is 52.0 Å². The van der Waals surface area contributed by atoms with Crippen LogP contribution in [-0.4, -0.2) is 65.0 Å². The molecule has 1 unspecified atom stereocenters. The van der Waals surface area contributed by atoms with Crippen molar-refractivity contribution in [2.75, 3.05) is 33.3 Å². The van der Waals surface area contributed by atoms with Crippen molar-refractivity contribution in [3.8, 4) is 11.5 Å². The number of amides is 1. The molecule has 0 bridgehead atoms. The number of likely N-dealkylation sites (tertiary alicyclic amines) is 1. The summed E-state index contributed by atoms with van der Waals surface area (Å²) in [7, 11) is 1.55. The molecule has 7 nitrogen and oxygen atoms in total. The first-order chi connectivity index (χ1) is 17.4. The van der Waals surface area contributed by atoms with Gasteiger partial charge in [-0.15, -0.1) is 0 Å². The van der Waals surface area contributed by atoms with Crippen LogP contribution in [0.1, 0.15) is 63.1 Å². The molecule has 2 N–H and O–H groups in total. The number of phenolic OH excluding ortho intramolecular Hbond substituents is 1. The number of aliphatic hydroxyl groups is 1. The second kappa shape index (κ2) is 13.1. The zero-order chi connectivity index (χ0) is 26.1. The topological polar surface area (TPSA) is 90.3 Å². The lowest BCUT2D eigenvalue weighted by molar-refractivity contribution is -0.140. The zero-order valence-electron chi connectivity index (χ0n) is 21.6. The summed E-state index contributed by atoms with van der Waals surface area (Å²) in [5.41, 5.74) is 1.03. The number of ketones is 1. The molecule has 194 valence electrons. The average Bonchev–Trinajstić information content (AvgIpc) is 3.14. The summed E-state index contributed by atoms with van der Waals surface area (Å²) in [6.07, 6.45) is 5.21. The van der Waals surface area contributed by atoms with E-state index in [1.165, 1.54) is 4.90 Å². The molecule has 36 heavy (non-hydrogen) atoms. The second-order valence-corrected chi connectivity index (χ2v) is 9.22. The predicted octanol–water partition coefficient (Wildman–Crippen LogP) is 5.11. The van der Waals surface area contributed by atoms with Crippen LogP contribution >= 0.6 is 0 Å². The molecule has 0 aliphatic carbocycles. The molecule has 7 heteroatoms. The van der Waals surface area contributed by atoms with Gasteiger partial charge in [-0.3, -0.25) is 9.59 Å². The summed E-state index contributed by atoms with van der Waals surface area (Å²) in [6, 6.07) is 12.4. The molecule has 1 saturated heterocycles. The Morgan fingerprint density at radius 1 is 0.972 bits per heavy atom. The van der Waals surface area contributed by atoms with Crippen molar-refractivity contribution < 1.29 is 24.5 Å². The van der Waals surface area contributed by atoms with Gasteiger partial charge in [0.15, 0.2) is 0 Å². The summed E-state index contributed by atoms with van der Waals surface area (Å²) in [6.45, 7) is 7.59. The Kier molecular flexibility index (Phi) is 9.94. The number of ether oxygens (including phenoxy) is 1. The van der Waals surface area contributed by atoms with E-state index in [9.17, 15) is 19.8 Å². The van der Waals surface area contributed by atoms with Crippen LogP contribution in [0.4, 0.5) is 0 Å². The molecule has 1 amide bonds. The van der Waals surface area contributed by atoms with Gasteiger partial charge >= 0.3 is 0 Å². The third-order valence-electron chi connectivity index (χ3n) is 6.62. The van der Waals surface area contributed by atoms with Gasteiger partial charge in [0.1, 0.15) is 17.3 Å². The Bertz CT molecular complexity index is 1060. The monoisotopic (exact) mass is 494 g/mol. The van der Waals surface area contributed by atoms with E-state index >= 15 is 0 Å². The van der Waals surface area contributed by atoms with Gasteiger partial charge in [0, 0.05) is 12.1 Å². The van der Waals surface area contributed by atoms with E-state index in [0.717, 1.165) is 45.3 Å². The van der Waals surface area contributed by atoms with E-state index in [2.05, 4.69) is 18.7 Å². The number of hydrogen-bond acceptors (Lipinski definition) is 6. The van der Waals surface area contributed by atoms with Crippen molar-refractivity contribution in [1.29, 1.82) is 0 Å². The number of aromatic hydroxyl groups is 1. The van der Waals surface area contributed by atoms with Crippen LogP contribution in [0.3, 0.4) is 0 Å². The fraction of sp³-hybridized carbons (Fsp3) is 0.448. The maximum atomic E-state index is 13.2. The Balaban J connectivity index is 1.91. The molecule has 0 saturated carbocycles. The Hall–Kier alpha value is -3.32. The summed E-state index contributed by atoms with van der Waals surface area (Å²) < 4.78 is 5.19. The van der Waals surface area contributed by atoms with E-state index in [1.807, 2.05) is 0 Å². The van der Waals surface area contributed by atoms with Crippen LogP contribution in [0.2, 0.25) is 0 Å². The lowest BCUT2D eigenvalue weighted by atomic mass is 9.95. The summed E-state index contributed by atoms with van der Waals surface area (Å²) in [5.74, 6) is -0.933.